The van der Waals surface area contributed by atoms with Crippen LogP contribution in [0.5, 0.6) is 11.5 Å². The van der Waals surface area contributed by atoms with Gasteiger partial charge in [-0.2, -0.15) is 0 Å². The predicted octanol–water partition coefficient (Wildman–Crippen LogP) is 10.0. The first kappa shape index (κ1) is 31.7. The Morgan fingerprint density at radius 3 is 2.50 bits per heavy atom. The summed E-state index contributed by atoms with van der Waals surface area (Å²) < 4.78 is 11.4. The van der Waals surface area contributed by atoms with Gasteiger partial charge in [0.25, 0.3) is 0 Å². The van der Waals surface area contributed by atoms with E-state index in [1.165, 1.54) is 83.0 Å². The highest BCUT2D eigenvalue weighted by Crippen LogP contribution is 2.87. The zero-order valence-electron chi connectivity index (χ0n) is 28.6. The lowest BCUT2D eigenvalue weighted by Crippen LogP contribution is -2.55. The summed E-state index contributed by atoms with van der Waals surface area (Å²) in [4.78, 5) is 13.0. The zero-order chi connectivity index (χ0) is 31.7. The van der Waals surface area contributed by atoms with Crippen LogP contribution in [-0.2, 0) is 9.53 Å². The number of carbonyl (C=O) groups is 1. The molecule has 0 radical (unpaired) electrons. The van der Waals surface area contributed by atoms with Crippen molar-refractivity contribution in [1.29, 1.82) is 0 Å². The van der Waals surface area contributed by atoms with Gasteiger partial charge in [0.15, 0.2) is 11.5 Å². The summed E-state index contributed by atoms with van der Waals surface area (Å²) in [6.45, 7) is 19.0. The molecule has 0 amide bonds. The van der Waals surface area contributed by atoms with Gasteiger partial charge in [-0.25, -0.2) is 4.79 Å². The normalized spacial score (nSPS) is 39.1. The van der Waals surface area contributed by atoms with Gasteiger partial charge in [0, 0.05) is 11.5 Å². The average molecular weight is 603 g/mol. The topological polar surface area (TPSA) is 55.8 Å². The van der Waals surface area contributed by atoms with Crippen molar-refractivity contribution in [3.63, 3.8) is 0 Å². The minimum Gasteiger partial charge on any atom is -0.504 e. The molecule has 5 fully saturated rings. The second-order valence-electron chi connectivity index (χ2n) is 16.9. The Hall–Kier alpha value is -2.23. The van der Waals surface area contributed by atoms with Crippen molar-refractivity contribution in [2.45, 2.75) is 118 Å². The Bertz CT molecular complexity index is 1310. The number of rotatable bonds is 9. The fourth-order valence-electron chi connectivity index (χ4n) is 12.1. The Labute approximate surface area is 267 Å². The van der Waals surface area contributed by atoms with E-state index < -0.39 is 0 Å². The van der Waals surface area contributed by atoms with Gasteiger partial charge < -0.3 is 14.6 Å². The largest absolute Gasteiger partial charge is 0.504 e. The van der Waals surface area contributed by atoms with Crippen molar-refractivity contribution in [3.8, 4) is 11.5 Å². The number of phenols is 1. The highest BCUT2D eigenvalue weighted by atomic mass is 16.5. The minimum absolute atomic E-state index is 0.0235. The smallest absolute Gasteiger partial charge is 0.331 e. The van der Waals surface area contributed by atoms with Crippen molar-refractivity contribution < 1.29 is 19.4 Å². The van der Waals surface area contributed by atoms with E-state index in [4.69, 9.17) is 9.47 Å². The molecule has 5 saturated carbocycles. The first-order valence-electron chi connectivity index (χ1n) is 17.7. The molecular formula is C40H58O4. The number of fused-ring (bicyclic) bond motifs is 2. The fraction of sp³-hybridized carbons (Fsp3) is 0.725. The lowest BCUT2D eigenvalue weighted by Gasteiger charge is -2.59. The molecule has 6 rings (SSSR count). The number of aromatic hydroxyl groups is 1. The molecule has 0 saturated heterocycles. The van der Waals surface area contributed by atoms with Crippen LogP contribution in [0.2, 0.25) is 0 Å². The van der Waals surface area contributed by atoms with Crippen LogP contribution >= 0.6 is 0 Å². The molecule has 5 aliphatic rings. The van der Waals surface area contributed by atoms with E-state index in [9.17, 15) is 9.90 Å². The summed E-state index contributed by atoms with van der Waals surface area (Å²) >= 11 is 0. The van der Waals surface area contributed by atoms with Gasteiger partial charge >= 0.3 is 5.97 Å². The molecule has 1 aromatic carbocycles. The molecule has 0 aromatic heterocycles. The van der Waals surface area contributed by atoms with Crippen molar-refractivity contribution in [3.05, 3.63) is 42.0 Å². The van der Waals surface area contributed by atoms with Crippen molar-refractivity contribution in [1.82, 2.24) is 0 Å². The Balaban J connectivity index is 1.12. The van der Waals surface area contributed by atoms with Crippen molar-refractivity contribution >= 4 is 12.0 Å². The maximum atomic E-state index is 13.0. The third-order valence-electron chi connectivity index (χ3n) is 14.6. The summed E-state index contributed by atoms with van der Waals surface area (Å²) in [6, 6.07) is 5.08. The highest BCUT2D eigenvalue weighted by molar-refractivity contribution is 5.87. The molecule has 1 aromatic rings. The van der Waals surface area contributed by atoms with Gasteiger partial charge in [0.05, 0.1) is 7.11 Å². The number of hydrogen-bond donors (Lipinski definition) is 1. The Morgan fingerprint density at radius 2 is 1.77 bits per heavy atom. The quantitative estimate of drug-likeness (QED) is 0.174. The van der Waals surface area contributed by atoms with Crippen LogP contribution in [0.4, 0.5) is 0 Å². The molecule has 0 aliphatic heterocycles. The van der Waals surface area contributed by atoms with E-state index >= 15 is 0 Å². The van der Waals surface area contributed by atoms with Gasteiger partial charge in [-0.3, -0.25) is 0 Å². The average Bonchev–Trinajstić information content (AvgIpc) is 3.52. The molecular weight excluding hydrogens is 544 g/mol. The molecule has 242 valence electrons. The van der Waals surface area contributed by atoms with Gasteiger partial charge in [0.2, 0.25) is 0 Å². The van der Waals surface area contributed by atoms with Crippen LogP contribution in [-0.4, -0.2) is 24.3 Å². The van der Waals surface area contributed by atoms with E-state index in [2.05, 4.69) is 48.1 Å². The van der Waals surface area contributed by atoms with Crippen LogP contribution in [0.25, 0.3) is 6.08 Å². The van der Waals surface area contributed by atoms with Gasteiger partial charge in [0.1, 0.15) is 6.10 Å². The van der Waals surface area contributed by atoms with E-state index in [0.29, 0.717) is 33.8 Å². The predicted molar refractivity (Wildman–Crippen MR) is 178 cm³/mol. The second-order valence-corrected chi connectivity index (χ2v) is 16.9. The molecule has 1 N–H and O–H groups in total. The van der Waals surface area contributed by atoms with Gasteiger partial charge in [-0.05, 0) is 146 Å². The molecule has 0 bridgehead atoms. The van der Waals surface area contributed by atoms with Gasteiger partial charge in [-0.1, -0.05) is 59.8 Å². The first-order chi connectivity index (χ1) is 20.8. The molecule has 0 unspecified atom stereocenters. The molecule has 5 aliphatic carbocycles. The summed E-state index contributed by atoms with van der Waals surface area (Å²) in [6.07, 6.45) is 17.7. The molecule has 9 atom stereocenters. The van der Waals surface area contributed by atoms with E-state index in [0.717, 1.165) is 35.7 Å². The minimum atomic E-state index is -0.276. The number of ether oxygens (including phenoxy) is 2. The number of allylic oxidation sites excluding steroid dienone is 1. The number of esters is 1. The van der Waals surface area contributed by atoms with Crippen LogP contribution in [0.15, 0.2) is 36.4 Å². The van der Waals surface area contributed by atoms with Crippen LogP contribution in [0.3, 0.4) is 0 Å². The Morgan fingerprint density at radius 1 is 1.02 bits per heavy atom. The number of phenolic OH excluding ortho intramolecular Hbond substituents is 1. The fourth-order valence-corrected chi connectivity index (χ4v) is 12.1. The molecule has 4 nitrogen and oxygen atoms in total. The SMILES string of the molecule is C=C(CC[C@@H](C)[C@H]1CC[C@H]2[C@@H]3CC[C@H]4C(C)(C)[C@@H](OC(=O)/C=C/c5ccc(O)c(OC)c5)CC[C@@]45C[C@@]35CC[C@]12C)C(C)C. The maximum Gasteiger partial charge on any atom is 0.331 e. The zero-order valence-corrected chi connectivity index (χ0v) is 28.6. The lowest BCUT2D eigenvalue weighted by molar-refractivity contribution is -0.170. The molecule has 2 spiro atoms. The monoisotopic (exact) mass is 602 g/mol. The van der Waals surface area contributed by atoms with Gasteiger partial charge in [-0.15, -0.1) is 0 Å². The standard InChI is InChI=1S/C40H58O4/c1-25(2)26(3)9-10-27(4)29-13-14-30-31-15-17-34-37(5,6)35(19-20-40(34)24-39(31,40)22-21-38(29,30)7)44-36(42)18-12-28-11-16-32(41)33(23-28)43-8/h11-12,16,18,23,25,27,29-31,34-35,41H,3,9-10,13-15,17,19-22,24H2,1-2,4-8H3/b18-12+/t27-,29-,30+,31+,34+,35+,38-,39+,40-/m1/s1. The van der Waals surface area contributed by atoms with E-state index in [-0.39, 0.29) is 23.2 Å². The van der Waals surface area contributed by atoms with Crippen molar-refractivity contribution in [2.75, 3.05) is 7.11 Å². The molecule has 4 heteroatoms. The molecule has 44 heavy (non-hydrogen) atoms. The van der Waals surface area contributed by atoms with Crippen LogP contribution in [0.1, 0.15) is 118 Å². The van der Waals surface area contributed by atoms with Crippen LogP contribution < -0.4 is 4.74 Å². The summed E-state index contributed by atoms with van der Waals surface area (Å²) in [7, 11) is 1.52. The number of benzene rings is 1. The number of carbonyl (C=O) groups excluding carboxylic acids is 1. The number of hydrogen-bond acceptors (Lipinski definition) is 4. The lowest BCUT2D eigenvalue weighted by atomic mass is 9.46. The summed E-state index contributed by atoms with van der Waals surface area (Å²) in [5, 5.41) is 9.88. The summed E-state index contributed by atoms with van der Waals surface area (Å²) in [5.41, 5.74) is 3.70. The third kappa shape index (κ3) is 4.87. The second kappa shape index (κ2) is 11.2. The summed E-state index contributed by atoms with van der Waals surface area (Å²) in [5.74, 6) is 4.86. The Kier molecular flexibility index (Phi) is 8.10. The van der Waals surface area contributed by atoms with E-state index in [1.54, 1.807) is 24.3 Å². The highest BCUT2D eigenvalue weighted by Gasteiger charge is 2.80. The number of methoxy groups -OCH3 is 1. The first-order valence-corrected chi connectivity index (χ1v) is 17.7. The third-order valence-corrected chi connectivity index (χ3v) is 14.6. The van der Waals surface area contributed by atoms with E-state index in [1.807, 2.05) is 0 Å². The molecule has 0 heterocycles. The maximum absolute atomic E-state index is 13.0. The van der Waals surface area contributed by atoms with Crippen molar-refractivity contribution in [2.24, 2.45) is 57.2 Å². The van der Waals surface area contributed by atoms with Crippen LogP contribution in [0, 0.1) is 57.2 Å².